The number of nitrogens with zero attached hydrogens (tertiary/aromatic N) is 2. The molecule has 0 saturated carbocycles. The first kappa shape index (κ1) is 22.3. The van der Waals surface area contributed by atoms with Crippen LogP contribution in [0.25, 0.3) is 0 Å². The fourth-order valence-corrected chi connectivity index (χ4v) is 3.29. The summed E-state index contributed by atoms with van der Waals surface area (Å²) < 4.78 is 18.1. The highest BCUT2D eigenvalue weighted by molar-refractivity contribution is 5.96. The van der Waals surface area contributed by atoms with Crippen LogP contribution in [0.15, 0.2) is 42.5 Å². The molecule has 1 N–H and O–H groups in total. The summed E-state index contributed by atoms with van der Waals surface area (Å²) in [5.74, 6) is -1.61. The van der Waals surface area contributed by atoms with Gasteiger partial charge < -0.3 is 19.9 Å². The van der Waals surface area contributed by atoms with Crippen molar-refractivity contribution in [3.05, 3.63) is 65.0 Å². The number of aryl methyl sites for hydroxylation is 2. The highest BCUT2D eigenvalue weighted by Crippen LogP contribution is 2.17. The van der Waals surface area contributed by atoms with Gasteiger partial charge >= 0.3 is 5.97 Å². The molecule has 2 amide bonds. The molecule has 0 aromatic heterocycles. The standard InChI is InChI=1S/C23H26FN3O4/c1-16-3-4-18(13-17(16)2)23(30)25-14-22(29)31-15-21(28)27-11-9-26(10-12-27)20-7-5-19(24)6-8-20/h3-8,13H,9-12,14-15H2,1-2H3,(H,25,30). The lowest BCUT2D eigenvalue weighted by Crippen LogP contribution is -2.50. The number of anilines is 1. The molecule has 164 valence electrons. The molecular formula is C23H26FN3O4. The van der Waals surface area contributed by atoms with Crippen LogP contribution in [0.3, 0.4) is 0 Å². The van der Waals surface area contributed by atoms with Crippen molar-refractivity contribution < 1.29 is 23.5 Å². The molecule has 3 rings (SSSR count). The second-order valence-corrected chi connectivity index (χ2v) is 7.49. The molecule has 0 spiro atoms. The quantitative estimate of drug-likeness (QED) is 0.714. The third kappa shape index (κ3) is 6.04. The van der Waals surface area contributed by atoms with Crippen LogP contribution >= 0.6 is 0 Å². The first-order valence-corrected chi connectivity index (χ1v) is 10.1. The van der Waals surface area contributed by atoms with E-state index >= 15 is 0 Å². The lowest BCUT2D eigenvalue weighted by Gasteiger charge is -2.36. The third-order valence-electron chi connectivity index (χ3n) is 5.34. The fraction of sp³-hybridized carbons (Fsp3) is 0.348. The molecule has 0 atom stereocenters. The summed E-state index contributed by atoms with van der Waals surface area (Å²) in [6.07, 6.45) is 0. The molecule has 2 aromatic rings. The van der Waals surface area contributed by atoms with Crippen LogP contribution in [0.2, 0.25) is 0 Å². The molecule has 0 aliphatic carbocycles. The maximum atomic E-state index is 13.1. The topological polar surface area (TPSA) is 78.9 Å². The zero-order valence-corrected chi connectivity index (χ0v) is 17.7. The Hall–Kier alpha value is -3.42. The van der Waals surface area contributed by atoms with Gasteiger partial charge in [-0.1, -0.05) is 6.07 Å². The van der Waals surface area contributed by atoms with Gasteiger partial charge in [-0.05, 0) is 61.4 Å². The number of carbonyl (C=O) groups excluding carboxylic acids is 3. The monoisotopic (exact) mass is 427 g/mol. The van der Waals surface area contributed by atoms with Gasteiger partial charge in [0, 0.05) is 37.4 Å². The van der Waals surface area contributed by atoms with Crippen LogP contribution < -0.4 is 10.2 Å². The van der Waals surface area contributed by atoms with Gasteiger partial charge in [-0.3, -0.25) is 14.4 Å². The summed E-state index contributed by atoms with van der Waals surface area (Å²) in [6.45, 7) is 5.37. The first-order valence-electron chi connectivity index (χ1n) is 10.1. The van der Waals surface area contributed by atoms with E-state index in [2.05, 4.69) is 10.2 Å². The van der Waals surface area contributed by atoms with Gasteiger partial charge in [0.25, 0.3) is 11.8 Å². The molecule has 0 bridgehead atoms. The number of rotatable bonds is 6. The number of piperazine rings is 1. The number of hydrogen-bond donors (Lipinski definition) is 1. The molecule has 1 fully saturated rings. The Morgan fingerprint density at radius 2 is 1.65 bits per heavy atom. The molecule has 2 aromatic carbocycles. The van der Waals surface area contributed by atoms with Crippen LogP contribution in [0, 0.1) is 19.7 Å². The minimum atomic E-state index is -0.671. The van der Waals surface area contributed by atoms with Gasteiger partial charge in [0.05, 0.1) is 0 Å². The van der Waals surface area contributed by atoms with E-state index in [1.165, 1.54) is 12.1 Å². The summed E-state index contributed by atoms with van der Waals surface area (Å²) in [5, 5.41) is 2.50. The first-order chi connectivity index (χ1) is 14.8. The second-order valence-electron chi connectivity index (χ2n) is 7.49. The highest BCUT2D eigenvalue weighted by atomic mass is 19.1. The number of hydrogen-bond acceptors (Lipinski definition) is 5. The van der Waals surface area contributed by atoms with Gasteiger partial charge in [0.2, 0.25) is 0 Å². The van der Waals surface area contributed by atoms with Crippen LogP contribution in [0.4, 0.5) is 10.1 Å². The number of carbonyl (C=O) groups is 3. The smallest absolute Gasteiger partial charge is 0.325 e. The third-order valence-corrected chi connectivity index (χ3v) is 5.34. The van der Waals surface area contributed by atoms with E-state index in [1.807, 2.05) is 19.9 Å². The number of ether oxygens (including phenoxy) is 1. The Morgan fingerprint density at radius 3 is 2.29 bits per heavy atom. The van der Waals surface area contributed by atoms with Gasteiger partial charge in [-0.25, -0.2) is 4.39 Å². The molecule has 1 saturated heterocycles. The lowest BCUT2D eigenvalue weighted by atomic mass is 10.1. The normalized spacial score (nSPS) is 13.6. The van der Waals surface area contributed by atoms with E-state index < -0.39 is 5.97 Å². The Balaban J connectivity index is 1.38. The molecule has 0 unspecified atom stereocenters. The van der Waals surface area contributed by atoms with Gasteiger partial charge in [0.1, 0.15) is 12.4 Å². The minimum absolute atomic E-state index is 0.285. The van der Waals surface area contributed by atoms with E-state index in [1.54, 1.807) is 29.2 Å². The highest BCUT2D eigenvalue weighted by Gasteiger charge is 2.22. The van der Waals surface area contributed by atoms with Crippen molar-refractivity contribution in [3.8, 4) is 0 Å². The van der Waals surface area contributed by atoms with Crippen molar-refractivity contribution >= 4 is 23.5 Å². The van der Waals surface area contributed by atoms with Crippen molar-refractivity contribution in [2.45, 2.75) is 13.8 Å². The predicted octanol–water partition coefficient (Wildman–Crippen LogP) is 2.06. The van der Waals surface area contributed by atoms with Crippen LogP contribution in [-0.2, 0) is 14.3 Å². The summed E-state index contributed by atoms with van der Waals surface area (Å²) in [4.78, 5) is 40.1. The molecule has 0 radical (unpaired) electrons. The molecule has 1 heterocycles. The molecule has 1 aliphatic rings. The van der Waals surface area contributed by atoms with E-state index in [4.69, 9.17) is 4.74 Å². The largest absolute Gasteiger partial charge is 0.454 e. The van der Waals surface area contributed by atoms with Gasteiger partial charge in [-0.15, -0.1) is 0 Å². The van der Waals surface area contributed by atoms with E-state index in [9.17, 15) is 18.8 Å². The second kappa shape index (κ2) is 10.1. The minimum Gasteiger partial charge on any atom is -0.454 e. The van der Waals surface area contributed by atoms with Crippen molar-refractivity contribution in [2.24, 2.45) is 0 Å². The maximum absolute atomic E-state index is 13.1. The molecule has 7 nitrogen and oxygen atoms in total. The number of esters is 1. The van der Waals surface area contributed by atoms with E-state index in [0.29, 0.717) is 31.7 Å². The summed E-state index contributed by atoms with van der Waals surface area (Å²) >= 11 is 0. The molecule has 8 heteroatoms. The van der Waals surface area contributed by atoms with Crippen LogP contribution in [0.5, 0.6) is 0 Å². The van der Waals surface area contributed by atoms with E-state index in [0.717, 1.165) is 16.8 Å². The zero-order chi connectivity index (χ0) is 22.4. The average molecular weight is 427 g/mol. The lowest BCUT2D eigenvalue weighted by molar-refractivity contribution is -0.151. The van der Waals surface area contributed by atoms with Crippen LogP contribution in [0.1, 0.15) is 21.5 Å². The zero-order valence-electron chi connectivity index (χ0n) is 17.7. The number of nitrogens with one attached hydrogen (secondary N) is 1. The van der Waals surface area contributed by atoms with Crippen molar-refractivity contribution in [1.82, 2.24) is 10.2 Å². The van der Waals surface area contributed by atoms with E-state index in [-0.39, 0.29) is 30.8 Å². The Labute approximate surface area is 180 Å². The number of halogens is 1. The maximum Gasteiger partial charge on any atom is 0.325 e. The number of amides is 2. The Bertz CT molecular complexity index is 954. The van der Waals surface area contributed by atoms with Crippen molar-refractivity contribution in [3.63, 3.8) is 0 Å². The molecule has 31 heavy (non-hydrogen) atoms. The predicted molar refractivity (Wildman–Crippen MR) is 114 cm³/mol. The molecule has 1 aliphatic heterocycles. The fourth-order valence-electron chi connectivity index (χ4n) is 3.29. The molecular weight excluding hydrogens is 401 g/mol. The Morgan fingerprint density at radius 1 is 0.968 bits per heavy atom. The summed E-state index contributed by atoms with van der Waals surface area (Å²) in [5.41, 5.74) is 3.43. The summed E-state index contributed by atoms with van der Waals surface area (Å²) in [7, 11) is 0. The average Bonchev–Trinajstić information content (AvgIpc) is 2.78. The summed E-state index contributed by atoms with van der Waals surface area (Å²) in [6, 6.07) is 11.5. The Kier molecular flexibility index (Phi) is 7.23. The van der Waals surface area contributed by atoms with Crippen molar-refractivity contribution in [1.29, 1.82) is 0 Å². The van der Waals surface area contributed by atoms with Gasteiger partial charge in [-0.2, -0.15) is 0 Å². The SMILES string of the molecule is Cc1ccc(C(=O)NCC(=O)OCC(=O)N2CCN(c3ccc(F)cc3)CC2)cc1C. The van der Waals surface area contributed by atoms with Crippen LogP contribution in [-0.4, -0.2) is 62.0 Å². The number of benzene rings is 2. The van der Waals surface area contributed by atoms with Crippen molar-refractivity contribution in [2.75, 3.05) is 44.2 Å². The van der Waals surface area contributed by atoms with Gasteiger partial charge in [0.15, 0.2) is 6.61 Å².